The van der Waals surface area contributed by atoms with Gasteiger partial charge >= 0.3 is 42.6 Å². The molecule has 0 saturated heterocycles. The summed E-state index contributed by atoms with van der Waals surface area (Å²) in [6, 6.07) is 4.98. The summed E-state index contributed by atoms with van der Waals surface area (Å²) in [5.41, 5.74) is -2.34. The van der Waals surface area contributed by atoms with E-state index in [4.69, 9.17) is 15.2 Å². The molecule has 6 aromatic rings. The van der Waals surface area contributed by atoms with Crippen molar-refractivity contribution < 1.29 is 104 Å². The number of likely N-dealkylation sites (N-methyl/N-ethyl adjacent to an activating group) is 2. The lowest BCUT2D eigenvalue weighted by atomic mass is 9.89. The number of hydrogen-bond acceptors (Lipinski definition) is 11. The summed E-state index contributed by atoms with van der Waals surface area (Å²) in [6.07, 6.45) is -21.0. The molecular weight excluding hydrogens is 1480 g/mol. The van der Waals surface area contributed by atoms with Gasteiger partial charge in [0.05, 0.1) is 54.4 Å². The third-order valence-corrected chi connectivity index (χ3v) is 16.4. The van der Waals surface area contributed by atoms with Gasteiger partial charge in [-0.25, -0.2) is 22.4 Å². The maximum atomic E-state index is 16.0. The molecule has 0 spiro atoms. The quantitative estimate of drug-likeness (QED) is 0.0363. The molecule has 0 bridgehead atoms. The number of nitrogens with one attached hydrogen (secondary N) is 1. The van der Waals surface area contributed by atoms with Gasteiger partial charge in [0.1, 0.15) is 35.1 Å². The fraction of sp³-hybridized carbons (Fsp3) is 0.486. The molecule has 4 N–H and O–H groups in total. The normalized spacial score (nSPS) is 13.2. The van der Waals surface area contributed by atoms with Crippen molar-refractivity contribution in [3.63, 3.8) is 0 Å². The first kappa shape index (κ1) is 95.2. The maximum absolute atomic E-state index is 16.0. The van der Waals surface area contributed by atoms with Crippen LogP contribution < -0.4 is 22.2 Å². The van der Waals surface area contributed by atoms with Crippen molar-refractivity contribution >= 4 is 50.8 Å². The number of aliphatic carboxylic acids is 1. The van der Waals surface area contributed by atoms with Gasteiger partial charge in [0.25, 0.3) is 11.1 Å². The Morgan fingerprint density at radius 1 is 0.505 bits per heavy atom. The van der Waals surface area contributed by atoms with E-state index in [1.807, 2.05) is 19.1 Å². The topological polar surface area (TPSA) is 196 Å². The van der Waals surface area contributed by atoms with Crippen LogP contribution in [0.15, 0.2) is 82.6 Å². The number of ether oxygens (including phenoxy) is 2. The van der Waals surface area contributed by atoms with Gasteiger partial charge in [-0.05, 0) is 204 Å². The summed E-state index contributed by atoms with van der Waals surface area (Å²) in [5, 5.41) is 11.6. The van der Waals surface area contributed by atoms with Gasteiger partial charge in [-0.15, -0.1) is 0 Å². The lowest BCUT2D eigenvalue weighted by molar-refractivity contribution is -0.145. The van der Waals surface area contributed by atoms with E-state index in [2.05, 4.69) is 5.32 Å². The number of aryl methyl sites for hydroxylation is 6. The number of aromatic nitrogens is 2. The molecule has 4 atom stereocenters. The molecule has 4 aromatic carbocycles. The number of alkyl halides is 14. The number of carboxylic acids is 1. The van der Waals surface area contributed by atoms with Crippen molar-refractivity contribution in [2.75, 3.05) is 54.5 Å². The molecule has 2 unspecified atom stereocenters. The van der Waals surface area contributed by atoms with E-state index < -0.39 is 160 Å². The molecule has 0 aliphatic carbocycles. The summed E-state index contributed by atoms with van der Waals surface area (Å²) in [4.78, 5) is 78.5. The van der Waals surface area contributed by atoms with Crippen molar-refractivity contribution in [2.24, 2.45) is 5.73 Å². The zero-order valence-corrected chi connectivity index (χ0v) is 63.9. The van der Waals surface area contributed by atoms with Gasteiger partial charge in [-0.3, -0.25) is 24.0 Å². The number of pyridine rings is 2. The molecule has 15 nitrogen and oxygen atoms in total. The van der Waals surface area contributed by atoms with E-state index in [9.17, 15) is 95.3 Å². The summed E-state index contributed by atoms with van der Waals surface area (Å²) in [6.45, 7) is 18.3. The maximum Gasteiger partial charge on any atom is 0.419 e. The molecule has 6 rings (SSSR count). The third-order valence-electron chi connectivity index (χ3n) is 16.4. The first-order valence-corrected chi connectivity index (χ1v) is 32.9. The minimum Gasteiger partial charge on any atom is -0.480 e. The number of benzene rings is 4. The summed E-state index contributed by atoms with van der Waals surface area (Å²) < 4.78 is 236. The Morgan fingerprint density at radius 3 is 1.16 bits per heavy atom. The smallest absolute Gasteiger partial charge is 0.419 e. The second-order valence-electron chi connectivity index (χ2n) is 27.3. The molecular formula is C74H92F16N6O9S2. The Kier molecular flexibility index (Phi) is 34.2. The van der Waals surface area contributed by atoms with Crippen molar-refractivity contribution in [2.45, 2.75) is 182 Å². The highest BCUT2D eigenvalue weighted by Crippen LogP contribution is 2.43. The molecule has 0 aliphatic rings. The van der Waals surface area contributed by atoms with E-state index >= 15 is 8.78 Å². The van der Waals surface area contributed by atoms with Crippen LogP contribution in [-0.2, 0) is 66.2 Å². The lowest BCUT2D eigenvalue weighted by Gasteiger charge is -2.29. The molecule has 0 fully saturated rings. The van der Waals surface area contributed by atoms with Crippen LogP contribution in [-0.4, -0.2) is 114 Å². The third kappa shape index (κ3) is 27.3. The van der Waals surface area contributed by atoms with Crippen LogP contribution in [0, 0.1) is 53.2 Å². The summed E-state index contributed by atoms with van der Waals surface area (Å²) in [7, 11) is 6.56. The number of esters is 2. The minimum atomic E-state index is -5.23. The minimum absolute atomic E-state index is 0. The van der Waals surface area contributed by atoms with Crippen LogP contribution in [0.1, 0.15) is 169 Å². The second kappa shape index (κ2) is 38.5. The van der Waals surface area contributed by atoms with Gasteiger partial charge in [0, 0.05) is 67.6 Å². The van der Waals surface area contributed by atoms with Crippen LogP contribution in [0.3, 0.4) is 0 Å². The molecule has 0 aliphatic heterocycles. The van der Waals surface area contributed by atoms with Crippen LogP contribution in [0.2, 0.25) is 0 Å². The first-order valence-electron chi connectivity index (χ1n) is 32.9. The standard InChI is InChI=1S/C37H43F8N3O4.C21H23F4NO2.C16H22F4N2O3.2H2S/c1-9-52-31(50)17-28(25-14-24(15-27(33(25)38)37(43,44)45)32-21(3)12-20(2)13-22(32)4)46-34(51)29(18-35(5,6)39)48-19-23(10-11-47(7)8)26(16-30(48)49)36(40,41)42;1-5-28-18(27)10-17(26)15-8-14(9-16(20(15)22)21(23,24)25)19-12(3)6-11(2)7-13(19)4;1-15(2,17)8-12(14(24)25)22-9-10(5-6-21(3)4)11(7-13(22)23)16(18,19)20;;/h12-16,19,28-29H,9-11,17-18H2,1-8H3,(H,46,51);6-9,17H,5,10,26H2,1-4H3;7,9,12H,5-6,8H2,1-4H3,(H,24,25);2*1H2/t28-,29?;17-;;;/m00.../s1. The highest BCUT2D eigenvalue weighted by molar-refractivity contribution is 7.59. The SMILES string of the molecule is CCOC(=O)C[C@H](N)c1cc(-c2c(C)cc(C)cc2C)cc(C(F)(F)F)c1F.CCOC(=O)C[C@H](NC(=O)C(CC(C)(C)F)n1cc(CCN(C)C)c(C(F)(F)F)cc1=O)c1cc(-c2c(C)cc(C)cc2C)cc(C(F)(F)F)c1F.CN(C)CCc1cn(C(CC(C)(C)F)C(=O)O)c(=O)cc1C(F)(F)F.S.S. The first-order chi connectivity index (χ1) is 48.0. The number of carbonyl (C=O) groups excluding carboxylic acids is 3. The van der Waals surface area contributed by atoms with Crippen LogP contribution in [0.25, 0.3) is 22.3 Å². The van der Waals surface area contributed by atoms with Crippen LogP contribution in [0.4, 0.5) is 70.2 Å². The number of hydrogen-bond donors (Lipinski definition) is 3. The van der Waals surface area contributed by atoms with Gasteiger partial charge in [0.15, 0.2) is 0 Å². The lowest BCUT2D eigenvalue weighted by Crippen LogP contribution is -2.42. The predicted octanol–water partition coefficient (Wildman–Crippen LogP) is 16.6. The number of nitrogens with two attached hydrogens (primary N) is 1. The number of halogens is 16. The van der Waals surface area contributed by atoms with E-state index in [-0.39, 0.29) is 100 Å². The molecule has 0 radical (unpaired) electrons. The number of amides is 1. The Labute approximate surface area is 624 Å². The zero-order valence-electron chi connectivity index (χ0n) is 61.9. The Bertz CT molecular complexity index is 4170. The van der Waals surface area contributed by atoms with Gasteiger partial charge < -0.3 is 44.6 Å². The molecule has 596 valence electrons. The molecule has 0 saturated carbocycles. The number of carbonyl (C=O) groups is 4. The van der Waals surface area contributed by atoms with Gasteiger partial charge in [-0.2, -0.15) is 79.7 Å². The molecule has 2 aromatic heterocycles. The Morgan fingerprint density at radius 2 is 0.832 bits per heavy atom. The molecule has 107 heavy (non-hydrogen) atoms. The fourth-order valence-electron chi connectivity index (χ4n) is 12.0. The zero-order chi connectivity index (χ0) is 80.3. The Balaban J connectivity index is 0.000000595. The van der Waals surface area contributed by atoms with E-state index in [0.29, 0.717) is 43.5 Å². The summed E-state index contributed by atoms with van der Waals surface area (Å²) in [5.74, 6) is -7.73. The molecule has 2 heterocycles. The van der Waals surface area contributed by atoms with Gasteiger partial charge in [0.2, 0.25) is 5.91 Å². The van der Waals surface area contributed by atoms with E-state index in [1.54, 1.807) is 91.7 Å². The highest BCUT2D eigenvalue weighted by Gasteiger charge is 2.42. The number of rotatable bonds is 25. The monoisotopic (exact) mass is 1580 g/mol. The van der Waals surface area contributed by atoms with Crippen molar-refractivity contribution in [3.05, 3.63) is 183 Å². The molecule has 33 heteroatoms. The largest absolute Gasteiger partial charge is 0.480 e. The van der Waals surface area contributed by atoms with Crippen LogP contribution in [0.5, 0.6) is 0 Å². The van der Waals surface area contributed by atoms with E-state index in [1.165, 1.54) is 13.0 Å². The average molecular weight is 1580 g/mol. The van der Waals surface area contributed by atoms with Crippen LogP contribution >= 0.6 is 27.0 Å². The number of nitrogens with zero attached hydrogens (tertiary/aromatic N) is 4. The van der Waals surface area contributed by atoms with Crippen molar-refractivity contribution in [1.29, 1.82) is 0 Å². The number of carboxylic acid groups (broad SMARTS) is 1. The van der Waals surface area contributed by atoms with Crippen molar-refractivity contribution in [3.8, 4) is 22.3 Å². The van der Waals surface area contributed by atoms with Gasteiger partial charge in [-0.1, -0.05) is 35.4 Å². The average Bonchev–Trinajstić information content (AvgIpc) is 0.787. The van der Waals surface area contributed by atoms with Crippen molar-refractivity contribution in [1.82, 2.24) is 24.3 Å². The summed E-state index contributed by atoms with van der Waals surface area (Å²) >= 11 is 0. The second-order valence-corrected chi connectivity index (χ2v) is 27.3. The molecule has 1 amide bonds. The fourth-order valence-corrected chi connectivity index (χ4v) is 12.0. The predicted molar refractivity (Wildman–Crippen MR) is 384 cm³/mol. The highest BCUT2D eigenvalue weighted by atomic mass is 32.1. The van der Waals surface area contributed by atoms with E-state index in [0.717, 1.165) is 74.5 Å². The Hall–Kier alpha value is -7.88.